The second-order valence-electron chi connectivity index (χ2n) is 15.6. The molecular formula is C57H37NO. The molecule has 0 amide bonds. The Balaban J connectivity index is 1.08. The molecule has 2 heteroatoms. The van der Waals surface area contributed by atoms with Crippen LogP contribution in [0.15, 0.2) is 229 Å². The Hall–Kier alpha value is -7.68. The van der Waals surface area contributed by atoms with Crippen LogP contribution in [0.1, 0.15) is 22.3 Å². The Kier molecular flexibility index (Phi) is 7.48. The molecule has 11 aromatic rings. The van der Waals surface area contributed by atoms with Crippen LogP contribution in [0.4, 0.5) is 17.1 Å². The van der Waals surface area contributed by atoms with Crippen LogP contribution in [0.5, 0.6) is 0 Å². The average molecular weight is 752 g/mol. The molecule has 0 N–H and O–H groups in total. The fourth-order valence-corrected chi connectivity index (χ4v) is 9.92. The van der Waals surface area contributed by atoms with Crippen LogP contribution >= 0.6 is 0 Å². The zero-order valence-corrected chi connectivity index (χ0v) is 32.2. The van der Waals surface area contributed by atoms with Crippen molar-refractivity contribution < 1.29 is 4.42 Å². The summed E-state index contributed by atoms with van der Waals surface area (Å²) in [5, 5.41) is 7.23. The molecule has 0 saturated carbocycles. The molecule has 59 heavy (non-hydrogen) atoms. The molecule has 0 radical (unpaired) electrons. The first-order chi connectivity index (χ1) is 29.3. The predicted octanol–water partition coefficient (Wildman–Crippen LogP) is 15.4. The number of anilines is 3. The smallest absolute Gasteiger partial charge is 0.143 e. The molecule has 0 atom stereocenters. The topological polar surface area (TPSA) is 16.4 Å². The summed E-state index contributed by atoms with van der Waals surface area (Å²) in [5.74, 6) is 0. The summed E-state index contributed by atoms with van der Waals surface area (Å²) in [6, 6.07) is 81.9. The molecule has 276 valence electrons. The molecule has 0 spiro atoms. The van der Waals surface area contributed by atoms with Crippen molar-refractivity contribution in [3.05, 3.63) is 247 Å². The maximum atomic E-state index is 6.48. The molecule has 2 nitrogen and oxygen atoms in total. The van der Waals surface area contributed by atoms with Crippen molar-refractivity contribution in [3.63, 3.8) is 0 Å². The lowest BCUT2D eigenvalue weighted by atomic mass is 9.67. The standard InChI is InChI=1S/C57H37NO/c1-3-15-41(16-4-1)57(42-17-5-2-6-18-42)53-24-11-9-20-49(53)50-35-33-45(37-54(50)57)58(44-32-34-47-40(36-44)27-26-38-14-7-8-19-46(38)47)43-30-28-39(29-31-43)48-22-13-23-52-51-21-10-12-25-55(51)59-56(48)52/h1-37H. The molecule has 0 saturated heterocycles. The maximum absolute atomic E-state index is 6.48. The van der Waals surface area contributed by atoms with Gasteiger partial charge in [-0.3, -0.25) is 0 Å². The Labute approximate surface area is 342 Å². The second-order valence-corrected chi connectivity index (χ2v) is 15.6. The van der Waals surface area contributed by atoms with E-state index in [1.54, 1.807) is 0 Å². The van der Waals surface area contributed by atoms with Gasteiger partial charge in [-0.1, -0.05) is 182 Å². The van der Waals surface area contributed by atoms with Crippen molar-refractivity contribution in [2.24, 2.45) is 0 Å². The highest BCUT2D eigenvalue weighted by atomic mass is 16.3. The summed E-state index contributed by atoms with van der Waals surface area (Å²) in [6.45, 7) is 0. The first kappa shape index (κ1) is 33.5. The predicted molar refractivity (Wildman–Crippen MR) is 246 cm³/mol. The molecule has 0 aliphatic heterocycles. The summed E-state index contributed by atoms with van der Waals surface area (Å²) >= 11 is 0. The number of rotatable bonds is 6. The van der Waals surface area contributed by atoms with Crippen LogP contribution in [0, 0.1) is 0 Å². The molecule has 1 aliphatic rings. The number of furan rings is 1. The third kappa shape index (κ3) is 5.06. The zero-order valence-electron chi connectivity index (χ0n) is 32.2. The normalized spacial score (nSPS) is 12.9. The van der Waals surface area contributed by atoms with Gasteiger partial charge in [0.05, 0.1) is 5.41 Å². The van der Waals surface area contributed by atoms with Gasteiger partial charge in [-0.05, 0) is 103 Å². The minimum atomic E-state index is -0.506. The van der Waals surface area contributed by atoms with Gasteiger partial charge in [-0.25, -0.2) is 0 Å². The van der Waals surface area contributed by atoms with E-state index < -0.39 is 5.41 Å². The van der Waals surface area contributed by atoms with Crippen LogP contribution in [-0.2, 0) is 5.41 Å². The fourth-order valence-electron chi connectivity index (χ4n) is 9.92. The van der Waals surface area contributed by atoms with Crippen LogP contribution in [0.2, 0.25) is 0 Å². The lowest BCUT2D eigenvalue weighted by molar-refractivity contribution is 0.670. The SMILES string of the molecule is c1ccc(C2(c3ccccc3)c3ccccc3-c3ccc(N(c4ccc(-c5cccc6c5oc5ccccc56)cc4)c4ccc5c(ccc6ccccc65)c4)cc32)cc1. The van der Waals surface area contributed by atoms with E-state index in [-0.39, 0.29) is 0 Å². The van der Waals surface area contributed by atoms with Crippen molar-refractivity contribution in [2.45, 2.75) is 5.41 Å². The van der Waals surface area contributed by atoms with Crippen molar-refractivity contribution in [2.75, 3.05) is 4.90 Å². The first-order valence-corrected chi connectivity index (χ1v) is 20.3. The third-order valence-corrected chi connectivity index (χ3v) is 12.5. The van der Waals surface area contributed by atoms with E-state index in [0.717, 1.165) is 50.1 Å². The molecule has 1 aromatic heterocycles. The van der Waals surface area contributed by atoms with E-state index in [1.165, 1.54) is 54.9 Å². The van der Waals surface area contributed by atoms with Crippen LogP contribution in [-0.4, -0.2) is 0 Å². The Morgan fingerprint density at radius 2 is 0.915 bits per heavy atom. The van der Waals surface area contributed by atoms with Gasteiger partial charge in [0, 0.05) is 33.4 Å². The molecular weight excluding hydrogens is 715 g/mol. The van der Waals surface area contributed by atoms with Crippen LogP contribution in [0.3, 0.4) is 0 Å². The van der Waals surface area contributed by atoms with E-state index in [1.807, 2.05) is 12.1 Å². The summed E-state index contributed by atoms with van der Waals surface area (Å²) in [4.78, 5) is 2.42. The van der Waals surface area contributed by atoms with Gasteiger partial charge in [0.1, 0.15) is 11.2 Å². The molecule has 1 heterocycles. The molecule has 12 rings (SSSR count). The molecule has 0 fully saturated rings. The molecule has 0 unspecified atom stereocenters. The minimum Gasteiger partial charge on any atom is -0.455 e. The first-order valence-electron chi connectivity index (χ1n) is 20.3. The summed E-state index contributed by atoms with van der Waals surface area (Å²) in [5.41, 5.74) is 14.4. The summed E-state index contributed by atoms with van der Waals surface area (Å²) in [6.07, 6.45) is 0. The number of hydrogen-bond donors (Lipinski definition) is 0. The molecule has 10 aromatic carbocycles. The van der Waals surface area contributed by atoms with Gasteiger partial charge in [0.2, 0.25) is 0 Å². The van der Waals surface area contributed by atoms with Crippen LogP contribution < -0.4 is 4.90 Å². The number of para-hydroxylation sites is 2. The van der Waals surface area contributed by atoms with Crippen molar-refractivity contribution in [3.8, 4) is 22.3 Å². The third-order valence-electron chi connectivity index (χ3n) is 12.5. The Bertz CT molecular complexity index is 3340. The highest BCUT2D eigenvalue weighted by Gasteiger charge is 2.46. The lowest BCUT2D eigenvalue weighted by Crippen LogP contribution is -2.28. The Morgan fingerprint density at radius 3 is 1.73 bits per heavy atom. The fraction of sp³-hybridized carbons (Fsp3) is 0.0175. The number of hydrogen-bond acceptors (Lipinski definition) is 2. The van der Waals surface area contributed by atoms with Crippen molar-refractivity contribution >= 4 is 60.5 Å². The van der Waals surface area contributed by atoms with E-state index in [4.69, 9.17) is 4.42 Å². The van der Waals surface area contributed by atoms with Gasteiger partial charge < -0.3 is 9.32 Å². The Morgan fingerprint density at radius 1 is 0.339 bits per heavy atom. The number of fused-ring (bicyclic) bond motifs is 9. The van der Waals surface area contributed by atoms with Gasteiger partial charge in [-0.15, -0.1) is 0 Å². The van der Waals surface area contributed by atoms with Gasteiger partial charge in [0.15, 0.2) is 0 Å². The van der Waals surface area contributed by atoms with E-state index in [0.29, 0.717) is 0 Å². The van der Waals surface area contributed by atoms with Crippen molar-refractivity contribution in [1.29, 1.82) is 0 Å². The zero-order chi connectivity index (χ0) is 38.9. The summed E-state index contributed by atoms with van der Waals surface area (Å²) < 4.78 is 6.48. The van der Waals surface area contributed by atoms with E-state index in [2.05, 4.69) is 217 Å². The van der Waals surface area contributed by atoms with Crippen molar-refractivity contribution in [1.82, 2.24) is 0 Å². The molecule has 0 bridgehead atoms. The quantitative estimate of drug-likeness (QED) is 0.157. The number of benzene rings is 10. The largest absolute Gasteiger partial charge is 0.455 e. The maximum Gasteiger partial charge on any atom is 0.143 e. The van der Waals surface area contributed by atoms with Crippen LogP contribution in [0.25, 0.3) is 65.7 Å². The lowest BCUT2D eigenvalue weighted by Gasteiger charge is -2.35. The highest BCUT2D eigenvalue weighted by molar-refractivity contribution is 6.10. The van der Waals surface area contributed by atoms with E-state index >= 15 is 0 Å². The van der Waals surface area contributed by atoms with Gasteiger partial charge in [-0.2, -0.15) is 0 Å². The minimum absolute atomic E-state index is 0.506. The monoisotopic (exact) mass is 751 g/mol. The average Bonchev–Trinajstić information content (AvgIpc) is 3.84. The van der Waals surface area contributed by atoms with Gasteiger partial charge in [0.25, 0.3) is 0 Å². The highest BCUT2D eigenvalue weighted by Crippen LogP contribution is 2.57. The number of nitrogens with zero attached hydrogens (tertiary/aromatic N) is 1. The van der Waals surface area contributed by atoms with Gasteiger partial charge >= 0.3 is 0 Å². The second kappa shape index (κ2) is 13.2. The molecule has 1 aliphatic carbocycles. The summed E-state index contributed by atoms with van der Waals surface area (Å²) in [7, 11) is 0. The van der Waals surface area contributed by atoms with E-state index in [9.17, 15) is 0 Å².